The Morgan fingerprint density at radius 3 is 2.59 bits per heavy atom. The number of ether oxygens (including phenoxy) is 2. The number of hydrogen-bond acceptors (Lipinski definition) is 7. The largest absolute Gasteiger partial charge is 0.490 e. The first-order valence-corrected chi connectivity index (χ1v) is 11.1. The van der Waals surface area contributed by atoms with Crippen molar-refractivity contribution in [3.8, 4) is 5.75 Å². The Kier molecular flexibility index (Phi) is 6.98. The smallest absolute Gasteiger partial charge is 0.348 e. The molecule has 0 aliphatic rings. The molecule has 2 aromatic heterocycles. The minimum atomic E-state index is -0.584. The van der Waals surface area contributed by atoms with Crippen LogP contribution in [0.2, 0.25) is 0 Å². The lowest BCUT2D eigenvalue weighted by Gasteiger charge is -2.08. The van der Waals surface area contributed by atoms with Gasteiger partial charge in [0.2, 0.25) is 5.91 Å². The molecule has 0 radical (unpaired) electrons. The Morgan fingerprint density at radius 2 is 1.82 bits per heavy atom. The highest BCUT2D eigenvalue weighted by Crippen LogP contribution is 2.27. The van der Waals surface area contributed by atoms with Gasteiger partial charge in [0.05, 0.1) is 17.4 Å². The second-order valence-corrected chi connectivity index (χ2v) is 8.24. The first-order chi connectivity index (χ1) is 16.4. The molecule has 1 amide bonds. The minimum Gasteiger partial charge on any atom is -0.490 e. The van der Waals surface area contributed by atoms with Crippen molar-refractivity contribution in [2.45, 2.75) is 13.5 Å². The van der Waals surface area contributed by atoms with Crippen molar-refractivity contribution in [2.75, 3.05) is 18.5 Å². The molecule has 2 aromatic carbocycles. The van der Waals surface area contributed by atoms with Gasteiger partial charge in [-0.2, -0.15) is 0 Å². The van der Waals surface area contributed by atoms with Crippen molar-refractivity contribution < 1.29 is 23.5 Å². The number of aromatic nitrogens is 2. The van der Waals surface area contributed by atoms with Crippen molar-refractivity contribution in [1.29, 1.82) is 0 Å². The molecule has 10 heteroatoms. The van der Waals surface area contributed by atoms with E-state index in [-0.39, 0.29) is 35.7 Å². The Hall–Kier alpha value is -4.05. The molecule has 0 bridgehead atoms. The van der Waals surface area contributed by atoms with Gasteiger partial charge in [-0.05, 0) is 36.8 Å². The predicted molar refractivity (Wildman–Crippen MR) is 126 cm³/mol. The number of thiophene rings is 1. The van der Waals surface area contributed by atoms with Crippen LogP contribution >= 0.6 is 11.3 Å². The summed E-state index contributed by atoms with van der Waals surface area (Å²) in [5, 5.41) is 2.66. The number of nitrogens with one attached hydrogen (secondary N) is 1. The zero-order valence-corrected chi connectivity index (χ0v) is 18.9. The van der Waals surface area contributed by atoms with Gasteiger partial charge in [0, 0.05) is 0 Å². The summed E-state index contributed by atoms with van der Waals surface area (Å²) >= 11 is 1.04. The summed E-state index contributed by atoms with van der Waals surface area (Å²) in [7, 11) is 0. The zero-order chi connectivity index (χ0) is 24.1. The van der Waals surface area contributed by atoms with Gasteiger partial charge in [-0.25, -0.2) is 14.2 Å². The molecule has 0 atom stereocenters. The molecule has 0 saturated carbocycles. The van der Waals surface area contributed by atoms with Crippen molar-refractivity contribution >= 4 is 39.1 Å². The number of esters is 1. The number of para-hydroxylation sites is 2. The Balaban J connectivity index is 1.44. The third-order valence-electron chi connectivity index (χ3n) is 4.89. The number of hydrogen-bond donors (Lipinski definition) is 1. The van der Waals surface area contributed by atoms with E-state index < -0.39 is 23.3 Å². The van der Waals surface area contributed by atoms with Crippen molar-refractivity contribution in [1.82, 2.24) is 9.55 Å². The summed E-state index contributed by atoms with van der Waals surface area (Å²) in [6, 6.07) is 14.9. The van der Waals surface area contributed by atoms with Crippen LogP contribution in [0.5, 0.6) is 5.75 Å². The van der Waals surface area contributed by atoms with Crippen LogP contribution in [0.25, 0.3) is 10.2 Å². The van der Waals surface area contributed by atoms with Crippen molar-refractivity contribution in [3.05, 3.63) is 87.5 Å². The molecular weight excluding hydrogens is 461 g/mol. The lowest BCUT2D eigenvalue weighted by Crippen LogP contribution is -2.28. The molecule has 4 aromatic rings. The Labute approximate surface area is 197 Å². The lowest BCUT2D eigenvalue weighted by molar-refractivity contribution is -0.116. The van der Waals surface area contributed by atoms with Gasteiger partial charge in [0.25, 0.3) is 5.56 Å². The molecule has 174 valence electrons. The van der Waals surface area contributed by atoms with E-state index in [1.54, 1.807) is 25.1 Å². The van der Waals surface area contributed by atoms with Crippen LogP contribution in [0.4, 0.5) is 10.1 Å². The average molecular weight is 482 g/mol. The fraction of sp³-hybridized carbons (Fsp3) is 0.167. The van der Waals surface area contributed by atoms with Gasteiger partial charge in [-0.15, -0.1) is 11.3 Å². The molecule has 34 heavy (non-hydrogen) atoms. The summed E-state index contributed by atoms with van der Waals surface area (Å²) in [6.45, 7) is 1.49. The molecule has 2 heterocycles. The van der Waals surface area contributed by atoms with Crippen LogP contribution < -0.4 is 15.6 Å². The van der Waals surface area contributed by atoms with Crippen LogP contribution in [-0.2, 0) is 16.1 Å². The molecule has 8 nitrogen and oxygen atoms in total. The fourth-order valence-corrected chi connectivity index (χ4v) is 4.28. The van der Waals surface area contributed by atoms with E-state index in [4.69, 9.17) is 9.47 Å². The third kappa shape index (κ3) is 5.12. The molecule has 0 saturated heterocycles. The van der Waals surface area contributed by atoms with Gasteiger partial charge in [-0.1, -0.05) is 30.3 Å². The number of benzene rings is 2. The normalized spacial score (nSPS) is 10.8. The zero-order valence-electron chi connectivity index (χ0n) is 18.1. The number of fused-ring (bicyclic) bond motifs is 1. The summed E-state index contributed by atoms with van der Waals surface area (Å²) in [6.07, 6.45) is 1.23. The van der Waals surface area contributed by atoms with E-state index in [1.165, 1.54) is 24.5 Å². The maximum atomic E-state index is 13.8. The monoisotopic (exact) mass is 481 g/mol. The maximum Gasteiger partial charge on any atom is 0.348 e. The number of nitrogens with zero attached hydrogens (tertiary/aromatic N) is 2. The number of rotatable bonds is 8. The van der Waals surface area contributed by atoms with E-state index in [9.17, 15) is 18.8 Å². The topological polar surface area (TPSA) is 99.5 Å². The summed E-state index contributed by atoms with van der Waals surface area (Å²) in [5.74, 6) is -1.08. The van der Waals surface area contributed by atoms with Gasteiger partial charge < -0.3 is 14.8 Å². The predicted octanol–water partition coefficient (Wildman–Crippen LogP) is 3.78. The van der Waals surface area contributed by atoms with E-state index in [2.05, 4.69) is 10.3 Å². The van der Waals surface area contributed by atoms with Crippen LogP contribution in [-0.4, -0.2) is 34.6 Å². The van der Waals surface area contributed by atoms with Crippen molar-refractivity contribution in [3.63, 3.8) is 0 Å². The van der Waals surface area contributed by atoms with E-state index >= 15 is 0 Å². The second kappa shape index (κ2) is 10.3. The summed E-state index contributed by atoms with van der Waals surface area (Å²) in [5.41, 5.74) is -0.0354. The SMILES string of the molecule is Cc1c(C(=O)OCCOc2ccccc2)sc2ncn(CC(=O)Nc3ccccc3F)c(=O)c12. The molecule has 0 unspecified atom stereocenters. The minimum absolute atomic E-state index is 0.0163. The Morgan fingerprint density at radius 1 is 1.09 bits per heavy atom. The molecule has 1 N–H and O–H groups in total. The van der Waals surface area contributed by atoms with E-state index in [0.29, 0.717) is 16.1 Å². The molecule has 0 aliphatic heterocycles. The first-order valence-electron chi connectivity index (χ1n) is 10.3. The molecule has 0 fully saturated rings. The number of carbonyl (C=O) groups excluding carboxylic acids is 2. The number of carbonyl (C=O) groups is 2. The standard InChI is InChI=1S/C24H20FN3O5S/c1-15-20-22(34-21(15)24(31)33-12-11-32-16-7-3-2-4-8-16)26-14-28(23(20)30)13-19(29)27-18-10-6-5-9-17(18)25/h2-10,14H,11-13H2,1H3,(H,27,29). The average Bonchev–Trinajstić information content (AvgIpc) is 3.18. The highest BCUT2D eigenvalue weighted by atomic mass is 32.1. The number of aryl methyl sites for hydroxylation is 1. The van der Waals surface area contributed by atoms with Crippen LogP contribution in [0, 0.1) is 12.7 Å². The molecule has 4 rings (SSSR count). The first kappa shape index (κ1) is 23.1. The van der Waals surface area contributed by atoms with E-state index in [0.717, 1.165) is 15.9 Å². The highest BCUT2D eigenvalue weighted by Gasteiger charge is 2.21. The summed E-state index contributed by atoms with van der Waals surface area (Å²) in [4.78, 5) is 42.7. The number of amides is 1. The van der Waals surface area contributed by atoms with Gasteiger partial charge in [0.1, 0.15) is 41.0 Å². The van der Waals surface area contributed by atoms with E-state index in [1.807, 2.05) is 18.2 Å². The quantitative estimate of drug-likeness (QED) is 0.304. The summed E-state index contributed by atoms with van der Waals surface area (Å²) < 4.78 is 25.7. The molecule has 0 aliphatic carbocycles. The van der Waals surface area contributed by atoms with Crippen LogP contribution in [0.3, 0.4) is 0 Å². The number of anilines is 1. The second-order valence-electron chi connectivity index (χ2n) is 7.24. The van der Waals surface area contributed by atoms with Gasteiger partial charge in [-0.3, -0.25) is 14.2 Å². The lowest BCUT2D eigenvalue weighted by atomic mass is 10.2. The van der Waals surface area contributed by atoms with Gasteiger partial charge in [0.15, 0.2) is 0 Å². The third-order valence-corrected chi connectivity index (χ3v) is 6.07. The van der Waals surface area contributed by atoms with Crippen LogP contribution in [0.15, 0.2) is 65.7 Å². The molecule has 0 spiro atoms. The highest BCUT2D eigenvalue weighted by molar-refractivity contribution is 7.20. The fourth-order valence-electron chi connectivity index (χ4n) is 3.25. The van der Waals surface area contributed by atoms with Crippen LogP contribution in [0.1, 0.15) is 15.2 Å². The Bertz CT molecular complexity index is 1400. The van der Waals surface area contributed by atoms with Gasteiger partial charge >= 0.3 is 5.97 Å². The maximum absolute atomic E-state index is 13.8. The molecular formula is C24H20FN3O5S. The number of halogens is 1. The van der Waals surface area contributed by atoms with Crippen molar-refractivity contribution in [2.24, 2.45) is 0 Å².